The van der Waals surface area contributed by atoms with Crippen molar-refractivity contribution < 1.29 is 37.3 Å². The molecule has 1 N–H and O–H groups in total. The van der Waals surface area contributed by atoms with Crippen LogP contribution in [0.1, 0.15) is 18.1 Å². The van der Waals surface area contributed by atoms with Crippen molar-refractivity contribution in [3.63, 3.8) is 0 Å². The smallest absolute Gasteiger partial charge is 0.417 e. The van der Waals surface area contributed by atoms with Crippen LogP contribution in [0, 0.1) is 0 Å². The second-order valence-electron chi connectivity index (χ2n) is 5.78. The molecule has 0 aliphatic carbocycles. The third-order valence-electron chi connectivity index (χ3n) is 3.59. The van der Waals surface area contributed by atoms with Crippen LogP contribution in [-0.2, 0) is 15.7 Å². The van der Waals surface area contributed by atoms with Crippen molar-refractivity contribution in [2.24, 2.45) is 0 Å². The molecule has 0 unspecified atom stereocenters. The lowest BCUT2D eigenvalue weighted by atomic mass is 10.1. The number of methoxy groups -OCH3 is 1. The molecule has 0 radical (unpaired) electrons. The van der Waals surface area contributed by atoms with Crippen molar-refractivity contribution in [1.82, 2.24) is 4.98 Å². The fourth-order valence-electron chi connectivity index (χ4n) is 2.11. The Morgan fingerprint density at radius 1 is 1.28 bits per heavy atom. The topological polar surface area (TPSA) is 77.9 Å². The van der Waals surface area contributed by atoms with Gasteiger partial charge in [0.05, 0.1) is 12.2 Å². The van der Waals surface area contributed by atoms with Gasteiger partial charge in [-0.25, -0.2) is 9.78 Å². The summed E-state index contributed by atoms with van der Waals surface area (Å²) in [6.45, 7) is 1.97. The van der Waals surface area contributed by atoms with E-state index >= 15 is 0 Å². The quantitative estimate of drug-likeness (QED) is 0.465. The van der Waals surface area contributed by atoms with E-state index in [1.165, 1.54) is 26.2 Å². The van der Waals surface area contributed by atoms with Crippen LogP contribution in [0.25, 0.3) is 6.08 Å². The zero-order valence-corrected chi connectivity index (χ0v) is 16.2. The number of carbonyl (C=O) groups is 1. The van der Waals surface area contributed by atoms with Gasteiger partial charge in [0.2, 0.25) is 5.88 Å². The zero-order chi connectivity index (χ0) is 21.6. The van der Waals surface area contributed by atoms with E-state index in [0.717, 1.165) is 0 Å². The summed E-state index contributed by atoms with van der Waals surface area (Å²) in [7, 11) is 1.51. The van der Waals surface area contributed by atoms with E-state index in [1.807, 2.05) is 0 Å². The maximum atomic E-state index is 12.8. The number of ether oxygens (including phenoxy) is 3. The Morgan fingerprint density at radius 2 is 2.00 bits per heavy atom. The summed E-state index contributed by atoms with van der Waals surface area (Å²) in [5, 5.41) is 8.73. The molecule has 0 aliphatic heterocycles. The number of carboxylic acids is 1. The first-order valence-corrected chi connectivity index (χ1v) is 8.57. The predicted molar refractivity (Wildman–Crippen MR) is 99.4 cm³/mol. The Morgan fingerprint density at radius 3 is 2.59 bits per heavy atom. The van der Waals surface area contributed by atoms with Gasteiger partial charge in [-0.1, -0.05) is 11.6 Å². The molecule has 1 heterocycles. The molecule has 0 spiro atoms. The van der Waals surface area contributed by atoms with Crippen LogP contribution >= 0.6 is 11.6 Å². The first kappa shape index (κ1) is 22.5. The van der Waals surface area contributed by atoms with Gasteiger partial charge in [0.1, 0.15) is 23.1 Å². The van der Waals surface area contributed by atoms with Crippen molar-refractivity contribution in [3.05, 3.63) is 52.2 Å². The number of rotatable bonds is 8. The predicted octanol–water partition coefficient (Wildman–Crippen LogP) is 5.06. The van der Waals surface area contributed by atoms with Gasteiger partial charge in [0.25, 0.3) is 0 Å². The Labute approximate surface area is 169 Å². The van der Waals surface area contributed by atoms with Gasteiger partial charge in [-0.05, 0) is 31.2 Å². The van der Waals surface area contributed by atoms with Crippen molar-refractivity contribution >= 4 is 23.6 Å². The molecule has 0 bridgehead atoms. The molecule has 156 valence electrons. The largest absolute Gasteiger partial charge is 0.491 e. The molecule has 0 atom stereocenters. The monoisotopic (exact) mass is 431 g/mol. The van der Waals surface area contributed by atoms with Crippen molar-refractivity contribution in [3.8, 4) is 17.4 Å². The highest BCUT2D eigenvalue weighted by molar-refractivity contribution is 6.31. The minimum absolute atomic E-state index is 0.0226. The Bertz CT molecular complexity index is 915. The van der Waals surface area contributed by atoms with Gasteiger partial charge >= 0.3 is 12.1 Å². The van der Waals surface area contributed by atoms with Crippen LogP contribution in [0.15, 0.2) is 36.0 Å². The van der Waals surface area contributed by atoms with E-state index in [1.54, 1.807) is 12.1 Å². The minimum Gasteiger partial charge on any atom is -0.491 e. The van der Waals surface area contributed by atoms with Crippen molar-refractivity contribution in [2.75, 3.05) is 20.3 Å². The standard InChI is InChI=1S/C19H17ClF3NO5/c1-11(18(25)26)7-12-3-4-14(28-6-5-27-2)9-16(12)29-17-15(20)8-13(10-24-17)19(21,22)23/h3-4,7-10H,5-6H2,1-2H3,(H,25,26). The van der Waals surface area contributed by atoms with E-state index in [9.17, 15) is 18.0 Å². The molecule has 0 aliphatic rings. The number of nitrogens with zero attached hydrogens (tertiary/aromatic N) is 1. The van der Waals surface area contributed by atoms with E-state index in [2.05, 4.69) is 4.98 Å². The molecule has 0 fully saturated rings. The summed E-state index contributed by atoms with van der Waals surface area (Å²) < 4.78 is 54.3. The van der Waals surface area contributed by atoms with Gasteiger partial charge in [0.15, 0.2) is 0 Å². The molecule has 29 heavy (non-hydrogen) atoms. The Balaban J connectivity index is 2.40. The SMILES string of the molecule is COCCOc1ccc(C=C(C)C(=O)O)c(Oc2ncc(C(F)(F)F)cc2Cl)c1. The average molecular weight is 432 g/mol. The zero-order valence-electron chi connectivity index (χ0n) is 15.4. The van der Waals surface area contributed by atoms with Gasteiger partial charge in [0, 0.05) is 30.5 Å². The number of aliphatic carboxylic acids is 1. The molecule has 2 aromatic rings. The number of benzene rings is 1. The van der Waals surface area contributed by atoms with E-state index in [-0.39, 0.29) is 28.8 Å². The lowest BCUT2D eigenvalue weighted by Crippen LogP contribution is -2.06. The van der Waals surface area contributed by atoms with Gasteiger partial charge in [-0.15, -0.1) is 0 Å². The fraction of sp³-hybridized carbons (Fsp3) is 0.263. The highest BCUT2D eigenvalue weighted by Crippen LogP contribution is 2.36. The molecule has 0 saturated heterocycles. The molecule has 10 heteroatoms. The number of alkyl halides is 3. The van der Waals surface area contributed by atoms with Gasteiger partial charge in [-0.3, -0.25) is 0 Å². The van der Waals surface area contributed by atoms with Crippen LogP contribution in [0.4, 0.5) is 13.2 Å². The summed E-state index contributed by atoms with van der Waals surface area (Å²) in [6, 6.07) is 5.28. The highest BCUT2D eigenvalue weighted by atomic mass is 35.5. The normalized spacial score (nSPS) is 12.0. The number of aromatic nitrogens is 1. The maximum absolute atomic E-state index is 12.8. The summed E-state index contributed by atoms with van der Waals surface area (Å²) in [5.41, 5.74) is -0.649. The highest BCUT2D eigenvalue weighted by Gasteiger charge is 2.32. The van der Waals surface area contributed by atoms with Crippen LogP contribution in [-0.4, -0.2) is 36.4 Å². The second kappa shape index (κ2) is 9.62. The number of hydrogen-bond donors (Lipinski definition) is 1. The number of halogens is 4. The molecule has 0 amide bonds. The number of carboxylic acid groups (broad SMARTS) is 1. The second-order valence-corrected chi connectivity index (χ2v) is 6.19. The van der Waals surface area contributed by atoms with Crippen LogP contribution in [0.3, 0.4) is 0 Å². The fourth-order valence-corrected chi connectivity index (χ4v) is 2.31. The molecule has 0 saturated carbocycles. The van der Waals surface area contributed by atoms with Crippen molar-refractivity contribution in [1.29, 1.82) is 0 Å². The van der Waals surface area contributed by atoms with E-state index in [4.69, 9.17) is 30.9 Å². The summed E-state index contributed by atoms with van der Waals surface area (Å²) in [4.78, 5) is 14.7. The summed E-state index contributed by atoms with van der Waals surface area (Å²) in [6.07, 6.45) is -2.66. The number of hydrogen-bond acceptors (Lipinski definition) is 5. The molecular weight excluding hydrogens is 415 g/mol. The van der Waals surface area contributed by atoms with Crippen LogP contribution < -0.4 is 9.47 Å². The third kappa shape index (κ3) is 6.37. The van der Waals surface area contributed by atoms with Gasteiger partial charge < -0.3 is 19.3 Å². The summed E-state index contributed by atoms with van der Waals surface area (Å²) >= 11 is 5.89. The van der Waals surface area contributed by atoms with Crippen molar-refractivity contribution in [2.45, 2.75) is 13.1 Å². The Hall–Kier alpha value is -2.78. The van der Waals surface area contributed by atoms with E-state index < -0.39 is 17.7 Å². The lowest BCUT2D eigenvalue weighted by Gasteiger charge is -2.13. The molecular formula is C19H17ClF3NO5. The molecule has 2 rings (SSSR count). The van der Waals surface area contributed by atoms with E-state index in [0.29, 0.717) is 30.2 Å². The van der Waals surface area contributed by atoms with Crippen LogP contribution in [0.2, 0.25) is 5.02 Å². The third-order valence-corrected chi connectivity index (χ3v) is 3.86. The molecule has 1 aromatic heterocycles. The first-order valence-electron chi connectivity index (χ1n) is 8.19. The lowest BCUT2D eigenvalue weighted by molar-refractivity contribution is -0.138. The number of pyridine rings is 1. The van der Waals surface area contributed by atoms with Crippen LogP contribution in [0.5, 0.6) is 17.4 Å². The Kier molecular flexibility index (Phi) is 7.46. The maximum Gasteiger partial charge on any atom is 0.417 e. The van der Waals surface area contributed by atoms with Gasteiger partial charge in [-0.2, -0.15) is 13.2 Å². The average Bonchev–Trinajstić information content (AvgIpc) is 2.64. The minimum atomic E-state index is -4.60. The molecule has 6 nitrogen and oxygen atoms in total. The molecule has 1 aromatic carbocycles. The first-order chi connectivity index (χ1) is 13.6. The summed E-state index contributed by atoms with van der Waals surface area (Å²) in [5.74, 6) is -0.918.